The van der Waals surface area contributed by atoms with Crippen molar-refractivity contribution in [2.24, 2.45) is 0 Å². The molecular formula is C25H22FN3O2S. The molecule has 1 saturated heterocycles. The molecule has 2 amide bonds. The van der Waals surface area contributed by atoms with E-state index in [1.54, 1.807) is 6.07 Å². The molecule has 162 valence electrons. The first kappa shape index (κ1) is 21.6. The number of carbonyl (C=O) groups excluding carboxylic acids is 2. The smallest absolute Gasteiger partial charge is 0.270 e. The standard InChI is InChI=1S/C25H22FN3O2S/c1-14-9-10-21(15(2)11-14)28-16(3)12-18(17(28)4)13-19-23(30)27-25(32)29(24(19)31)22-8-6-5-7-20(22)26/h5-13H,1-4H3,(H,27,30,32)/b19-13+. The highest BCUT2D eigenvalue weighted by atomic mass is 32.1. The van der Waals surface area contributed by atoms with Gasteiger partial charge in [-0.2, -0.15) is 0 Å². The van der Waals surface area contributed by atoms with Gasteiger partial charge < -0.3 is 4.57 Å². The molecule has 5 nitrogen and oxygen atoms in total. The zero-order valence-corrected chi connectivity index (χ0v) is 19.0. The molecule has 1 aromatic heterocycles. The number of rotatable bonds is 3. The molecule has 0 aliphatic carbocycles. The summed E-state index contributed by atoms with van der Waals surface area (Å²) in [6.07, 6.45) is 1.54. The molecule has 2 aromatic carbocycles. The van der Waals surface area contributed by atoms with Gasteiger partial charge in [0.1, 0.15) is 11.4 Å². The fourth-order valence-corrected chi connectivity index (χ4v) is 4.30. The predicted molar refractivity (Wildman–Crippen MR) is 127 cm³/mol. The minimum atomic E-state index is -0.667. The topological polar surface area (TPSA) is 54.3 Å². The molecule has 4 rings (SSSR count). The van der Waals surface area contributed by atoms with Crippen molar-refractivity contribution in [3.63, 3.8) is 0 Å². The lowest BCUT2D eigenvalue weighted by atomic mass is 10.1. The van der Waals surface area contributed by atoms with E-state index in [0.29, 0.717) is 0 Å². The largest absolute Gasteiger partial charge is 0.318 e. The monoisotopic (exact) mass is 447 g/mol. The zero-order valence-electron chi connectivity index (χ0n) is 18.2. The van der Waals surface area contributed by atoms with Gasteiger partial charge in [0, 0.05) is 17.1 Å². The molecule has 2 heterocycles. The van der Waals surface area contributed by atoms with Crippen LogP contribution in [0.25, 0.3) is 11.8 Å². The van der Waals surface area contributed by atoms with Gasteiger partial charge in [-0.15, -0.1) is 0 Å². The number of amides is 2. The van der Waals surface area contributed by atoms with Crippen molar-refractivity contribution in [3.05, 3.63) is 88.0 Å². The third-order valence-electron chi connectivity index (χ3n) is 5.56. The van der Waals surface area contributed by atoms with E-state index in [9.17, 15) is 14.0 Å². The highest BCUT2D eigenvalue weighted by molar-refractivity contribution is 7.80. The van der Waals surface area contributed by atoms with Crippen LogP contribution in [0.1, 0.15) is 28.1 Å². The van der Waals surface area contributed by atoms with E-state index < -0.39 is 17.6 Å². The molecule has 3 aromatic rings. The number of nitrogens with one attached hydrogen (secondary N) is 1. The minimum absolute atomic E-state index is 0.00541. The Bertz CT molecular complexity index is 1320. The quantitative estimate of drug-likeness (QED) is 0.360. The highest BCUT2D eigenvalue weighted by Gasteiger charge is 2.35. The molecular weight excluding hydrogens is 425 g/mol. The average molecular weight is 448 g/mol. The Balaban J connectivity index is 1.80. The summed E-state index contributed by atoms with van der Waals surface area (Å²) in [5.74, 6) is -1.88. The van der Waals surface area contributed by atoms with Crippen molar-refractivity contribution >= 4 is 40.9 Å². The van der Waals surface area contributed by atoms with Gasteiger partial charge >= 0.3 is 0 Å². The number of nitrogens with zero attached hydrogens (tertiary/aromatic N) is 2. The number of benzene rings is 2. The molecule has 0 unspecified atom stereocenters. The van der Waals surface area contributed by atoms with Gasteiger partial charge in [-0.3, -0.25) is 14.9 Å². The van der Waals surface area contributed by atoms with Crippen molar-refractivity contribution < 1.29 is 14.0 Å². The number of hydrogen-bond donors (Lipinski definition) is 1. The molecule has 1 N–H and O–H groups in total. The van der Waals surface area contributed by atoms with Gasteiger partial charge in [0.2, 0.25) is 0 Å². The predicted octanol–water partition coefficient (Wildman–Crippen LogP) is 4.68. The van der Waals surface area contributed by atoms with E-state index in [4.69, 9.17) is 12.2 Å². The third kappa shape index (κ3) is 3.65. The number of hydrogen-bond acceptors (Lipinski definition) is 3. The fraction of sp³-hybridized carbons (Fsp3) is 0.160. The number of para-hydroxylation sites is 1. The number of carbonyl (C=O) groups is 2. The van der Waals surface area contributed by atoms with Crippen LogP contribution >= 0.6 is 12.2 Å². The Morgan fingerprint density at radius 3 is 2.38 bits per heavy atom. The number of aryl methyl sites for hydroxylation is 3. The number of aromatic nitrogens is 1. The van der Waals surface area contributed by atoms with Crippen LogP contribution in [0.5, 0.6) is 0 Å². The van der Waals surface area contributed by atoms with Crippen molar-refractivity contribution in [2.45, 2.75) is 27.7 Å². The first-order valence-corrected chi connectivity index (χ1v) is 10.5. The lowest BCUT2D eigenvalue weighted by Gasteiger charge is -2.29. The van der Waals surface area contributed by atoms with Crippen LogP contribution in [0.3, 0.4) is 0 Å². The maximum Gasteiger partial charge on any atom is 0.270 e. The summed E-state index contributed by atoms with van der Waals surface area (Å²) < 4.78 is 16.4. The first-order valence-electron chi connectivity index (χ1n) is 10.1. The van der Waals surface area contributed by atoms with Crippen LogP contribution in [0.2, 0.25) is 0 Å². The van der Waals surface area contributed by atoms with E-state index >= 15 is 0 Å². The Labute approximate surface area is 191 Å². The summed E-state index contributed by atoms with van der Waals surface area (Å²) in [5.41, 5.74) is 5.78. The molecule has 1 fully saturated rings. The van der Waals surface area contributed by atoms with E-state index in [1.807, 2.05) is 39.8 Å². The average Bonchev–Trinajstić information content (AvgIpc) is 3.00. The number of thiocarbonyl (C=S) groups is 1. The van der Waals surface area contributed by atoms with Crippen LogP contribution in [0, 0.1) is 33.5 Å². The summed E-state index contributed by atoms with van der Waals surface area (Å²) in [7, 11) is 0. The van der Waals surface area contributed by atoms with Crippen LogP contribution in [-0.4, -0.2) is 21.5 Å². The second-order valence-electron chi connectivity index (χ2n) is 7.86. The number of halogens is 1. The molecule has 32 heavy (non-hydrogen) atoms. The van der Waals surface area contributed by atoms with Gasteiger partial charge in [-0.25, -0.2) is 9.29 Å². The van der Waals surface area contributed by atoms with Crippen molar-refractivity contribution in [1.82, 2.24) is 9.88 Å². The minimum Gasteiger partial charge on any atom is -0.318 e. The molecule has 0 atom stereocenters. The van der Waals surface area contributed by atoms with Crippen LogP contribution in [0.15, 0.2) is 54.1 Å². The number of anilines is 1. The van der Waals surface area contributed by atoms with Gasteiger partial charge in [-0.1, -0.05) is 29.8 Å². The van der Waals surface area contributed by atoms with E-state index in [0.717, 1.165) is 33.1 Å². The SMILES string of the molecule is Cc1ccc(-n2c(C)cc(/C=C3\C(=O)NC(=S)N(c4ccccc4F)C3=O)c2C)c(C)c1. The van der Waals surface area contributed by atoms with Crippen molar-refractivity contribution in [3.8, 4) is 5.69 Å². The van der Waals surface area contributed by atoms with Crippen LogP contribution in [0.4, 0.5) is 10.1 Å². The lowest BCUT2D eigenvalue weighted by Crippen LogP contribution is -2.54. The molecule has 1 aliphatic rings. The summed E-state index contributed by atoms with van der Waals surface area (Å²) in [6.45, 7) is 7.99. The Kier molecular flexibility index (Phi) is 5.52. The molecule has 7 heteroatoms. The van der Waals surface area contributed by atoms with Gasteiger partial charge in [-0.05, 0) is 81.4 Å². The van der Waals surface area contributed by atoms with Crippen LogP contribution < -0.4 is 10.2 Å². The van der Waals surface area contributed by atoms with E-state index in [2.05, 4.69) is 22.0 Å². The van der Waals surface area contributed by atoms with E-state index in [1.165, 1.54) is 29.8 Å². The van der Waals surface area contributed by atoms with Crippen molar-refractivity contribution in [1.29, 1.82) is 0 Å². The highest BCUT2D eigenvalue weighted by Crippen LogP contribution is 2.28. The Hall–Kier alpha value is -3.58. The lowest BCUT2D eigenvalue weighted by molar-refractivity contribution is -0.122. The summed E-state index contributed by atoms with van der Waals surface area (Å²) in [6, 6.07) is 13.9. The zero-order chi connectivity index (χ0) is 23.2. The maximum absolute atomic E-state index is 14.4. The van der Waals surface area contributed by atoms with E-state index in [-0.39, 0.29) is 16.4 Å². The van der Waals surface area contributed by atoms with Gasteiger partial charge in [0.25, 0.3) is 11.8 Å². The summed E-state index contributed by atoms with van der Waals surface area (Å²) >= 11 is 5.15. The van der Waals surface area contributed by atoms with Gasteiger partial charge in [0.05, 0.1) is 5.69 Å². The van der Waals surface area contributed by atoms with Crippen LogP contribution in [-0.2, 0) is 9.59 Å². The second kappa shape index (κ2) is 8.16. The molecule has 0 spiro atoms. The Morgan fingerprint density at radius 1 is 0.969 bits per heavy atom. The summed E-state index contributed by atoms with van der Waals surface area (Å²) in [5, 5.41) is 2.35. The first-order chi connectivity index (χ1) is 15.2. The Morgan fingerprint density at radius 2 is 1.69 bits per heavy atom. The maximum atomic E-state index is 14.4. The molecule has 0 radical (unpaired) electrons. The van der Waals surface area contributed by atoms with Gasteiger partial charge in [0.15, 0.2) is 5.11 Å². The summed E-state index contributed by atoms with van der Waals surface area (Å²) in [4.78, 5) is 26.8. The molecule has 0 saturated carbocycles. The normalized spacial score (nSPS) is 15.5. The third-order valence-corrected chi connectivity index (χ3v) is 5.84. The molecule has 0 bridgehead atoms. The second-order valence-corrected chi connectivity index (χ2v) is 8.25. The fourth-order valence-electron chi connectivity index (χ4n) is 4.03. The molecule has 1 aliphatic heterocycles. The van der Waals surface area contributed by atoms with Crippen molar-refractivity contribution in [2.75, 3.05) is 4.90 Å².